The number of nitrogens with one attached hydrogen (secondary N) is 2. The van der Waals surface area contributed by atoms with Crippen LogP contribution < -0.4 is 15.2 Å². The van der Waals surface area contributed by atoms with E-state index < -0.39 is 20.0 Å². The van der Waals surface area contributed by atoms with Crippen molar-refractivity contribution in [3.63, 3.8) is 0 Å². The van der Waals surface area contributed by atoms with Gasteiger partial charge in [-0.2, -0.15) is 0 Å². The Morgan fingerprint density at radius 1 is 1.25 bits per heavy atom. The van der Waals surface area contributed by atoms with Crippen LogP contribution >= 0.6 is 0 Å². The molecule has 0 aromatic carbocycles. The van der Waals surface area contributed by atoms with Crippen LogP contribution in [0, 0.1) is 11.8 Å². The number of pyridine rings is 1. The zero-order valence-corrected chi connectivity index (χ0v) is 21.7. The first-order chi connectivity index (χ1) is 17.2. The maximum atomic E-state index is 13.5. The van der Waals surface area contributed by atoms with Gasteiger partial charge >= 0.3 is 214 Å². The van der Waals surface area contributed by atoms with Crippen LogP contribution in [0.5, 0.6) is 0 Å². The van der Waals surface area contributed by atoms with Crippen LogP contribution in [0.25, 0.3) is 5.52 Å². The second kappa shape index (κ2) is 9.85. The number of carbonyl (C=O) groups excluding carboxylic acids is 1. The van der Waals surface area contributed by atoms with Gasteiger partial charge in [0, 0.05) is 0 Å². The number of aromatic nitrogens is 3. The van der Waals surface area contributed by atoms with Gasteiger partial charge in [-0.05, 0) is 0 Å². The standard InChI is InChI=1S/C25H27F3N6OSe/c1-32-15-17(14-30-32)23(35)29-11-3-5-16-13-22-19(6-4-12-34(22)24(16)36-25(26,27)28)31-20-9-7-18-8-10-21(20)33(18)2/h4,6,12-15,18,20-21,31H,7-11H2,1-2H3,(H,29,35)/t18-,20-,21-/m1/s1. The summed E-state index contributed by atoms with van der Waals surface area (Å²) in [5.41, 5.74) is 2.23. The van der Waals surface area contributed by atoms with Gasteiger partial charge in [-0.15, -0.1) is 0 Å². The summed E-state index contributed by atoms with van der Waals surface area (Å²) in [6.45, 7) is 0.0146. The van der Waals surface area contributed by atoms with Gasteiger partial charge in [0.05, 0.1) is 0 Å². The average molecular weight is 563 g/mol. The Bertz CT molecular complexity index is 1340. The molecule has 1 amide bonds. The molecule has 0 aliphatic carbocycles. The molecule has 0 spiro atoms. The fourth-order valence-corrected chi connectivity index (χ4v) is 6.77. The molecular weight excluding hydrogens is 536 g/mol. The monoisotopic (exact) mass is 564 g/mol. The molecule has 2 aliphatic rings. The second-order valence-electron chi connectivity index (χ2n) is 9.27. The molecule has 2 aliphatic heterocycles. The number of hydrogen-bond acceptors (Lipinski definition) is 4. The van der Waals surface area contributed by atoms with Gasteiger partial charge in [0.15, 0.2) is 0 Å². The third-order valence-electron chi connectivity index (χ3n) is 7.01. The van der Waals surface area contributed by atoms with Gasteiger partial charge in [-0.3, -0.25) is 0 Å². The SMILES string of the molecule is CN1[C@H]2CC[C@@H]1[C@H](Nc1cccn3c([Se]C(F)(F)F)c(C#CCNC(=O)c4cnn(C)c4)cc13)CC2. The van der Waals surface area contributed by atoms with E-state index in [1.807, 2.05) is 6.07 Å². The first kappa shape index (κ1) is 24.8. The van der Waals surface area contributed by atoms with E-state index in [-0.39, 0.29) is 23.1 Å². The van der Waals surface area contributed by atoms with Crippen molar-refractivity contribution in [1.29, 1.82) is 0 Å². The fraction of sp³-hybridized carbons (Fsp3) is 0.440. The summed E-state index contributed by atoms with van der Waals surface area (Å²) in [6, 6.07) is 6.75. The zero-order chi connectivity index (χ0) is 25.4. The van der Waals surface area contributed by atoms with Crippen molar-refractivity contribution in [3.8, 4) is 11.8 Å². The van der Waals surface area contributed by atoms with Crippen LogP contribution in [0.1, 0.15) is 41.6 Å². The molecule has 36 heavy (non-hydrogen) atoms. The Hall–Kier alpha value is -2.93. The molecule has 3 atom stereocenters. The van der Waals surface area contributed by atoms with Gasteiger partial charge in [0.25, 0.3) is 0 Å². The van der Waals surface area contributed by atoms with Crippen LogP contribution in [-0.2, 0) is 7.05 Å². The topological polar surface area (TPSA) is 66.6 Å². The molecule has 3 aromatic heterocycles. The van der Waals surface area contributed by atoms with E-state index in [2.05, 4.69) is 39.5 Å². The molecule has 0 radical (unpaired) electrons. The Balaban J connectivity index is 1.40. The molecule has 0 unspecified atom stereocenters. The molecule has 7 nitrogen and oxygen atoms in total. The third kappa shape index (κ3) is 5.12. The van der Waals surface area contributed by atoms with Crippen molar-refractivity contribution < 1.29 is 18.0 Å². The minimum absolute atomic E-state index is 0.0146. The summed E-state index contributed by atoms with van der Waals surface area (Å²) >= 11 is -1.77. The summed E-state index contributed by atoms with van der Waals surface area (Å²) in [6.07, 6.45) is 9.19. The van der Waals surface area contributed by atoms with Crippen molar-refractivity contribution in [1.82, 2.24) is 24.4 Å². The molecule has 5 heterocycles. The summed E-state index contributed by atoms with van der Waals surface area (Å²) < 4.78 is 43.8. The van der Waals surface area contributed by atoms with Gasteiger partial charge in [-0.25, -0.2) is 0 Å². The van der Waals surface area contributed by atoms with Crippen molar-refractivity contribution >= 4 is 36.7 Å². The molecule has 5 rings (SSSR count). The molecule has 0 saturated carbocycles. The molecule has 11 heteroatoms. The van der Waals surface area contributed by atoms with Gasteiger partial charge in [0.1, 0.15) is 0 Å². The number of nitrogens with zero attached hydrogens (tertiary/aromatic N) is 4. The Kier molecular flexibility index (Phi) is 6.77. The zero-order valence-electron chi connectivity index (χ0n) is 20.0. The van der Waals surface area contributed by atoms with Gasteiger partial charge < -0.3 is 0 Å². The van der Waals surface area contributed by atoms with Crippen LogP contribution in [-0.4, -0.2) is 76.7 Å². The van der Waals surface area contributed by atoms with Crippen LogP contribution in [0.15, 0.2) is 36.8 Å². The third-order valence-corrected chi connectivity index (χ3v) is 8.78. The number of fused-ring (bicyclic) bond motifs is 3. The number of hydrogen-bond donors (Lipinski definition) is 2. The fourth-order valence-electron chi connectivity index (χ4n) is 5.31. The maximum absolute atomic E-state index is 13.5. The summed E-state index contributed by atoms with van der Waals surface area (Å²) in [7, 11) is 3.87. The van der Waals surface area contributed by atoms with E-state index in [0.717, 1.165) is 24.9 Å². The van der Waals surface area contributed by atoms with Crippen molar-refractivity contribution in [3.05, 3.63) is 47.9 Å². The summed E-state index contributed by atoms with van der Waals surface area (Å²) in [5, 5.41) is 5.94. The van der Waals surface area contributed by atoms with Gasteiger partial charge in [0.2, 0.25) is 0 Å². The normalized spacial score (nSPS) is 21.9. The summed E-state index contributed by atoms with van der Waals surface area (Å²) in [4.78, 5) is 14.6. The van der Waals surface area contributed by atoms with E-state index in [0.29, 0.717) is 28.7 Å². The van der Waals surface area contributed by atoms with Crippen molar-refractivity contribution in [2.24, 2.45) is 7.05 Å². The van der Waals surface area contributed by atoms with E-state index in [1.54, 1.807) is 36.0 Å². The Morgan fingerprint density at radius 3 is 2.81 bits per heavy atom. The predicted octanol–water partition coefficient (Wildman–Crippen LogP) is 2.34. The molecule has 2 fully saturated rings. The Labute approximate surface area is 213 Å². The average Bonchev–Trinajstić information content (AvgIpc) is 3.46. The van der Waals surface area contributed by atoms with Crippen LogP contribution in [0.2, 0.25) is 0 Å². The molecule has 190 valence electrons. The van der Waals surface area contributed by atoms with Crippen LogP contribution in [0.3, 0.4) is 0 Å². The number of alkyl halides is 3. The number of likely N-dealkylation sites (N-methyl/N-ethyl adjacent to an activating group) is 1. The van der Waals surface area contributed by atoms with E-state index in [9.17, 15) is 18.0 Å². The summed E-state index contributed by atoms with van der Waals surface area (Å²) in [5.74, 6) is 5.36. The van der Waals surface area contributed by atoms with Crippen molar-refractivity contribution in [2.45, 2.75) is 48.9 Å². The van der Waals surface area contributed by atoms with E-state index in [1.165, 1.54) is 17.3 Å². The van der Waals surface area contributed by atoms with Gasteiger partial charge in [-0.1, -0.05) is 0 Å². The number of aryl methyl sites for hydroxylation is 1. The Morgan fingerprint density at radius 2 is 2.06 bits per heavy atom. The first-order valence-corrected chi connectivity index (χ1v) is 13.5. The number of rotatable bonds is 5. The van der Waals surface area contributed by atoms with E-state index >= 15 is 0 Å². The minimum atomic E-state index is -4.32. The number of carbonyl (C=O) groups is 1. The molecule has 2 bridgehead atoms. The molecular formula is C25H27F3N6OSe. The molecule has 2 N–H and O–H groups in total. The van der Waals surface area contributed by atoms with Crippen molar-refractivity contribution in [2.75, 3.05) is 18.9 Å². The number of anilines is 1. The van der Waals surface area contributed by atoms with Crippen LogP contribution in [0.4, 0.5) is 18.9 Å². The number of amides is 1. The molecule has 2 saturated heterocycles. The quantitative estimate of drug-likeness (QED) is 0.370. The predicted molar refractivity (Wildman–Crippen MR) is 132 cm³/mol. The number of halogens is 3. The first-order valence-electron chi connectivity index (χ1n) is 11.8. The second-order valence-corrected chi connectivity index (χ2v) is 11.5. The number of piperidine rings is 1. The van der Waals surface area contributed by atoms with E-state index in [4.69, 9.17) is 0 Å². The molecule has 3 aromatic rings.